The number of thiophene rings is 1. The molecule has 0 saturated carbocycles. The fraction of sp³-hybridized carbons (Fsp3) is 0.528. The summed E-state index contributed by atoms with van der Waals surface area (Å²) in [6.45, 7) is 5.99. The Morgan fingerprint density at radius 1 is 1.08 bits per heavy atom. The van der Waals surface area contributed by atoms with Crippen LogP contribution in [0.3, 0.4) is 0 Å². The van der Waals surface area contributed by atoms with Crippen LogP contribution >= 0.6 is 11.3 Å². The molecule has 5 atom stereocenters. The lowest BCUT2D eigenvalue weighted by Crippen LogP contribution is -2.55. The summed E-state index contributed by atoms with van der Waals surface area (Å²) >= 11 is 1.16. The Hall–Kier alpha value is -3.74. The molecule has 2 bridgehead atoms. The number of nitriles is 1. The third-order valence-corrected chi connectivity index (χ3v) is 11.9. The first-order valence-corrected chi connectivity index (χ1v) is 18.1. The number of piperazine rings is 1. The van der Waals surface area contributed by atoms with Gasteiger partial charge in [-0.05, 0) is 68.8 Å². The molecule has 2 aromatic carbocycles. The molecule has 0 spiro atoms. The Morgan fingerprint density at radius 3 is 2.54 bits per heavy atom. The van der Waals surface area contributed by atoms with Gasteiger partial charge in [0.1, 0.15) is 34.4 Å². The minimum Gasteiger partial charge on any atom is -0.467 e. The molecule has 7 heterocycles. The standard InChI is InChI=1S/C29H28F2N6O3S.C7H12FN/c1-13(38)8-36-9-14-3-4-15(10-36)37(14)28-23-18-12-40-11-17(18)22(25(31)26(23)34-29(35-28)39-2)24-19(30)5-6-20-21(24)16(7-32)27(33)41-20;8-6-4-7-2-1-3-9(7)5-6/h5-6,13-15,38H,3-4,8-12,33H2,1-2H3;6-7H,1-5H2. The number of hydrogen-bond donors (Lipinski definition) is 2. The number of β-amino-alcohol motifs (C(OH)–C–C–N with tert-alkyl or cyclic N) is 1. The largest absolute Gasteiger partial charge is 0.467 e. The summed E-state index contributed by atoms with van der Waals surface area (Å²) < 4.78 is 57.1. The van der Waals surface area contributed by atoms with Gasteiger partial charge in [-0.15, -0.1) is 11.3 Å². The summed E-state index contributed by atoms with van der Waals surface area (Å²) in [6.07, 6.45) is 4.27. The van der Waals surface area contributed by atoms with Crippen LogP contribution in [-0.2, 0) is 18.0 Å². The van der Waals surface area contributed by atoms with E-state index in [2.05, 4.69) is 25.8 Å². The number of nitrogens with zero attached hydrogens (tertiary/aromatic N) is 6. The molecule has 5 aliphatic heterocycles. The molecule has 14 heteroatoms. The average Bonchev–Trinajstić information content (AvgIpc) is 3.90. The number of benzene rings is 2. The van der Waals surface area contributed by atoms with E-state index < -0.39 is 23.9 Å². The molecule has 264 valence electrons. The quantitative estimate of drug-likeness (QED) is 0.275. The van der Waals surface area contributed by atoms with E-state index in [1.807, 2.05) is 0 Å². The molecule has 3 N–H and O–H groups in total. The second kappa shape index (κ2) is 13.1. The van der Waals surface area contributed by atoms with E-state index in [9.17, 15) is 14.8 Å². The SMILES string of the molecule is COc1nc(N2C3CCC2CN(CC(C)O)C3)c2c3c(c(-c4c(F)ccc5sc(N)c(C#N)c45)c(F)c2n1)COC3.FC1CC2CCCN2C1. The number of alkyl halides is 1. The molecule has 50 heavy (non-hydrogen) atoms. The molecule has 4 aromatic rings. The van der Waals surface area contributed by atoms with Gasteiger partial charge in [-0.25, -0.2) is 13.2 Å². The maximum atomic E-state index is 16.9. The maximum Gasteiger partial charge on any atom is 0.318 e. The number of aromatic nitrogens is 2. The van der Waals surface area contributed by atoms with Crippen molar-refractivity contribution in [3.05, 3.63) is 40.5 Å². The number of rotatable bonds is 5. The van der Waals surface area contributed by atoms with Crippen LogP contribution in [-0.4, -0.2) is 95.1 Å². The van der Waals surface area contributed by atoms with E-state index in [1.165, 1.54) is 26.0 Å². The zero-order chi connectivity index (χ0) is 34.8. The number of methoxy groups -OCH3 is 1. The fourth-order valence-corrected chi connectivity index (χ4v) is 9.88. The number of aliphatic hydroxyl groups is 1. The van der Waals surface area contributed by atoms with Crippen LogP contribution in [0, 0.1) is 23.0 Å². The summed E-state index contributed by atoms with van der Waals surface area (Å²) in [6, 6.07) is 5.77. The molecule has 4 fully saturated rings. The van der Waals surface area contributed by atoms with Crippen molar-refractivity contribution in [1.29, 1.82) is 5.26 Å². The molecule has 9 rings (SSSR count). The van der Waals surface area contributed by atoms with E-state index in [0.717, 1.165) is 50.2 Å². The normalized spacial score (nSPS) is 25.1. The van der Waals surface area contributed by atoms with Crippen LogP contribution in [0.15, 0.2) is 12.1 Å². The first kappa shape index (κ1) is 33.4. The highest BCUT2D eigenvalue weighted by Crippen LogP contribution is 2.49. The number of halogens is 3. The van der Waals surface area contributed by atoms with Gasteiger partial charge in [0.25, 0.3) is 0 Å². The lowest BCUT2D eigenvalue weighted by atomic mass is 9.90. The van der Waals surface area contributed by atoms with Crippen LogP contribution in [0.25, 0.3) is 32.1 Å². The zero-order valence-corrected chi connectivity index (χ0v) is 28.9. The van der Waals surface area contributed by atoms with Gasteiger partial charge in [0, 0.05) is 65.5 Å². The van der Waals surface area contributed by atoms with Crippen LogP contribution in [0.1, 0.15) is 55.7 Å². The minimum absolute atomic E-state index is 0.0122. The van der Waals surface area contributed by atoms with Gasteiger partial charge in [0.05, 0.1) is 37.4 Å². The van der Waals surface area contributed by atoms with Gasteiger partial charge in [-0.3, -0.25) is 9.80 Å². The highest BCUT2D eigenvalue weighted by atomic mass is 32.1. The summed E-state index contributed by atoms with van der Waals surface area (Å²) in [7, 11) is 1.43. The molecule has 0 radical (unpaired) electrons. The summed E-state index contributed by atoms with van der Waals surface area (Å²) in [4.78, 5) is 16.0. The topological polar surface area (TPSA) is 124 Å². The second-order valence-electron chi connectivity index (χ2n) is 14.1. The van der Waals surface area contributed by atoms with E-state index in [-0.39, 0.29) is 63.9 Å². The Labute approximate surface area is 292 Å². The highest BCUT2D eigenvalue weighted by molar-refractivity contribution is 7.23. The lowest BCUT2D eigenvalue weighted by molar-refractivity contribution is 0.111. The van der Waals surface area contributed by atoms with Crippen molar-refractivity contribution in [3.8, 4) is 23.2 Å². The molecule has 5 unspecified atom stereocenters. The third kappa shape index (κ3) is 5.54. The van der Waals surface area contributed by atoms with Gasteiger partial charge in [0.15, 0.2) is 5.82 Å². The van der Waals surface area contributed by atoms with Crippen molar-refractivity contribution in [2.75, 3.05) is 50.5 Å². The predicted octanol–water partition coefficient (Wildman–Crippen LogP) is 5.51. The van der Waals surface area contributed by atoms with E-state index in [0.29, 0.717) is 46.2 Å². The molecule has 10 nitrogen and oxygen atoms in total. The van der Waals surface area contributed by atoms with Crippen LogP contribution in [0.2, 0.25) is 0 Å². The van der Waals surface area contributed by atoms with Crippen molar-refractivity contribution in [2.45, 2.75) is 82.6 Å². The Kier molecular flexibility index (Phi) is 8.75. The van der Waals surface area contributed by atoms with Crippen molar-refractivity contribution in [2.24, 2.45) is 0 Å². The first-order valence-electron chi connectivity index (χ1n) is 17.3. The second-order valence-corrected chi connectivity index (χ2v) is 15.2. The minimum atomic E-state index is -0.716. The Morgan fingerprint density at radius 2 is 1.84 bits per heavy atom. The number of likely N-dealkylation sites (tertiary alicyclic amines) is 1. The number of nitrogens with two attached hydrogens (primary N) is 1. The smallest absolute Gasteiger partial charge is 0.318 e. The molecular weight excluding hydrogens is 668 g/mol. The monoisotopic (exact) mass is 707 g/mol. The number of ether oxygens (including phenoxy) is 2. The molecular formula is C36H40F3N7O3S. The summed E-state index contributed by atoms with van der Waals surface area (Å²) in [5, 5.41) is 20.9. The van der Waals surface area contributed by atoms with Gasteiger partial charge < -0.3 is 25.2 Å². The van der Waals surface area contributed by atoms with E-state index in [4.69, 9.17) is 20.2 Å². The molecule has 0 amide bonds. The highest BCUT2D eigenvalue weighted by Gasteiger charge is 2.43. The molecule has 5 aliphatic rings. The average molecular weight is 708 g/mol. The van der Waals surface area contributed by atoms with Gasteiger partial charge in [-0.1, -0.05) is 0 Å². The molecule has 0 aliphatic carbocycles. The van der Waals surface area contributed by atoms with E-state index in [1.54, 1.807) is 13.0 Å². The number of nitrogen functional groups attached to an aromatic ring is 1. The van der Waals surface area contributed by atoms with Crippen molar-refractivity contribution in [3.63, 3.8) is 0 Å². The zero-order valence-electron chi connectivity index (χ0n) is 28.1. The molecule has 2 aromatic heterocycles. The maximum absolute atomic E-state index is 16.9. The number of aliphatic hydroxyl groups excluding tert-OH is 1. The number of hydrogen-bond acceptors (Lipinski definition) is 11. The van der Waals surface area contributed by atoms with Crippen molar-refractivity contribution < 1.29 is 27.8 Å². The Balaban J connectivity index is 0.000000346. The summed E-state index contributed by atoms with van der Waals surface area (Å²) in [5.41, 5.74) is 7.49. The summed E-state index contributed by atoms with van der Waals surface area (Å²) in [5.74, 6) is -0.793. The third-order valence-electron chi connectivity index (χ3n) is 10.9. The van der Waals surface area contributed by atoms with Crippen LogP contribution in [0.5, 0.6) is 6.01 Å². The van der Waals surface area contributed by atoms with Crippen molar-refractivity contribution >= 4 is 43.1 Å². The first-order chi connectivity index (χ1) is 24.2. The van der Waals surface area contributed by atoms with Crippen LogP contribution < -0.4 is 15.4 Å². The molecule has 4 saturated heterocycles. The van der Waals surface area contributed by atoms with Gasteiger partial charge >= 0.3 is 6.01 Å². The van der Waals surface area contributed by atoms with E-state index >= 15 is 8.78 Å². The lowest BCUT2D eigenvalue weighted by Gasteiger charge is -2.42. The van der Waals surface area contributed by atoms with Crippen molar-refractivity contribution in [1.82, 2.24) is 19.8 Å². The van der Waals surface area contributed by atoms with Gasteiger partial charge in [-0.2, -0.15) is 15.2 Å². The van der Waals surface area contributed by atoms with Crippen LogP contribution in [0.4, 0.5) is 24.0 Å². The predicted molar refractivity (Wildman–Crippen MR) is 186 cm³/mol. The fourth-order valence-electron chi connectivity index (χ4n) is 8.96. The van der Waals surface area contributed by atoms with Gasteiger partial charge in [0.2, 0.25) is 0 Å². The number of fused-ring (bicyclic) bond motifs is 7. The Bertz CT molecular complexity index is 1990. The number of anilines is 2.